The molecule has 0 saturated carbocycles. The third-order valence-corrected chi connectivity index (χ3v) is 5.42. The number of carbonyl (C=O) groups is 1. The Labute approximate surface area is 218 Å². The van der Waals surface area contributed by atoms with Crippen molar-refractivity contribution in [1.82, 2.24) is 15.0 Å². The Hall–Kier alpha value is -3.63. The summed E-state index contributed by atoms with van der Waals surface area (Å²) >= 11 is 11.7. The second-order valence-corrected chi connectivity index (χ2v) is 8.31. The number of hydrogen-bond acceptors (Lipinski definition) is 7. The lowest BCUT2D eigenvalue weighted by Crippen LogP contribution is -2.27. The average molecular weight is 533 g/mol. The van der Waals surface area contributed by atoms with E-state index in [1.54, 1.807) is 30.0 Å². The molecule has 10 nitrogen and oxygen atoms in total. The maximum atomic E-state index is 12.3. The van der Waals surface area contributed by atoms with Gasteiger partial charge in [0.25, 0.3) is 5.91 Å². The van der Waals surface area contributed by atoms with Gasteiger partial charge in [-0.2, -0.15) is 5.10 Å². The largest absolute Gasteiger partial charge is 0.487 e. The van der Waals surface area contributed by atoms with E-state index in [1.807, 2.05) is 24.3 Å². The number of ether oxygens (including phenoxy) is 1. The highest BCUT2D eigenvalue weighted by Crippen LogP contribution is 2.31. The second-order valence-electron chi connectivity index (χ2n) is 7.55. The highest BCUT2D eigenvalue weighted by molar-refractivity contribution is 6.18. The van der Waals surface area contributed by atoms with E-state index in [-0.39, 0.29) is 23.9 Å². The van der Waals surface area contributed by atoms with Crippen molar-refractivity contribution >= 4 is 46.7 Å². The van der Waals surface area contributed by atoms with Gasteiger partial charge in [-0.15, -0.1) is 23.2 Å². The Morgan fingerprint density at radius 3 is 2.58 bits per heavy atom. The van der Waals surface area contributed by atoms with Crippen LogP contribution in [0.25, 0.3) is 11.3 Å². The molecule has 1 amide bonds. The zero-order valence-corrected chi connectivity index (χ0v) is 21.2. The summed E-state index contributed by atoms with van der Waals surface area (Å²) in [5.74, 6) is 0.857. The summed E-state index contributed by atoms with van der Waals surface area (Å²) in [7, 11) is 0. The van der Waals surface area contributed by atoms with Gasteiger partial charge in [-0.3, -0.25) is 14.9 Å². The maximum Gasteiger partial charge on any atom is 0.311 e. The summed E-state index contributed by atoms with van der Waals surface area (Å²) in [5, 5.41) is 15.4. The molecule has 0 atom stereocenters. The molecule has 0 aliphatic heterocycles. The van der Waals surface area contributed by atoms with E-state index in [0.717, 1.165) is 11.3 Å². The minimum Gasteiger partial charge on any atom is -0.487 e. The van der Waals surface area contributed by atoms with Crippen LogP contribution in [0.3, 0.4) is 0 Å². The quantitative estimate of drug-likeness (QED) is 0.152. The topological polar surface area (TPSA) is 115 Å². The second kappa shape index (κ2) is 13.5. The molecule has 0 fully saturated rings. The van der Waals surface area contributed by atoms with Gasteiger partial charge in [0.2, 0.25) is 0 Å². The van der Waals surface area contributed by atoms with Gasteiger partial charge in [0.05, 0.1) is 29.8 Å². The monoisotopic (exact) mass is 532 g/mol. The van der Waals surface area contributed by atoms with Gasteiger partial charge in [-0.1, -0.05) is 12.1 Å². The van der Waals surface area contributed by atoms with E-state index in [1.165, 1.54) is 18.5 Å². The predicted molar refractivity (Wildman–Crippen MR) is 141 cm³/mol. The smallest absolute Gasteiger partial charge is 0.311 e. The number of imidazole rings is 1. The normalized spacial score (nSPS) is 11.0. The lowest BCUT2D eigenvalue weighted by atomic mass is 10.1. The number of nitro benzene ring substituents is 1. The Balaban J connectivity index is 1.58. The van der Waals surface area contributed by atoms with Gasteiger partial charge in [-0.05, 0) is 36.8 Å². The van der Waals surface area contributed by atoms with Crippen LogP contribution in [-0.4, -0.2) is 58.1 Å². The summed E-state index contributed by atoms with van der Waals surface area (Å²) in [6.07, 6.45) is 4.66. The molecule has 2 aromatic carbocycles. The number of nitrogens with one attached hydrogen (secondary N) is 1. The zero-order valence-electron chi connectivity index (χ0n) is 19.6. The van der Waals surface area contributed by atoms with Gasteiger partial charge in [0.1, 0.15) is 6.54 Å². The predicted octanol–water partition coefficient (Wildman–Crippen LogP) is 4.29. The number of aromatic nitrogens is 2. The van der Waals surface area contributed by atoms with E-state index in [4.69, 9.17) is 27.9 Å². The van der Waals surface area contributed by atoms with Crippen molar-refractivity contribution in [3.05, 3.63) is 70.7 Å². The van der Waals surface area contributed by atoms with Crippen LogP contribution in [0.15, 0.2) is 60.1 Å². The number of halogens is 2. The van der Waals surface area contributed by atoms with Gasteiger partial charge >= 0.3 is 5.69 Å². The summed E-state index contributed by atoms with van der Waals surface area (Å²) in [4.78, 5) is 29.5. The number of alkyl halides is 2. The lowest BCUT2D eigenvalue weighted by Gasteiger charge is -2.22. The standard InChI is InChI=1S/C24H26Cl2N6O4/c1-2-36-23-8-5-19(13-22(23)32(34)35)21-15-30(17-27-21)16-24(33)29-28-14-18-3-6-20(7-4-18)31(11-9-25)12-10-26/h3-8,13-15,17H,2,9-12,16H2,1H3,(H,29,33)/b28-14+. The Kier molecular flexibility index (Phi) is 10.1. The Morgan fingerprint density at radius 1 is 1.22 bits per heavy atom. The third kappa shape index (κ3) is 7.43. The number of benzene rings is 2. The molecular weight excluding hydrogens is 507 g/mol. The minimum atomic E-state index is -0.500. The number of hydrazone groups is 1. The number of hydrogen-bond donors (Lipinski definition) is 1. The first kappa shape index (κ1) is 27.0. The first-order valence-electron chi connectivity index (χ1n) is 11.2. The van der Waals surface area contributed by atoms with Crippen LogP contribution in [-0.2, 0) is 11.3 Å². The fourth-order valence-electron chi connectivity index (χ4n) is 3.42. The van der Waals surface area contributed by atoms with E-state index in [2.05, 4.69) is 20.4 Å². The van der Waals surface area contributed by atoms with Crippen LogP contribution in [0.4, 0.5) is 11.4 Å². The number of rotatable bonds is 13. The molecule has 0 radical (unpaired) electrons. The molecule has 1 heterocycles. The summed E-state index contributed by atoms with van der Waals surface area (Å²) in [6, 6.07) is 12.3. The first-order chi connectivity index (χ1) is 17.4. The highest BCUT2D eigenvalue weighted by Gasteiger charge is 2.17. The number of nitro groups is 1. The SMILES string of the molecule is CCOc1ccc(-c2cn(CC(=O)N/N=C/c3ccc(N(CCCl)CCCl)cc3)cn2)cc1[N+](=O)[O-]. The molecule has 0 saturated heterocycles. The van der Waals surface area contributed by atoms with E-state index < -0.39 is 4.92 Å². The molecule has 190 valence electrons. The first-order valence-corrected chi connectivity index (χ1v) is 12.2. The average Bonchev–Trinajstić information content (AvgIpc) is 3.33. The highest BCUT2D eigenvalue weighted by atomic mass is 35.5. The minimum absolute atomic E-state index is 0.0196. The number of anilines is 1. The molecule has 0 bridgehead atoms. The van der Waals surface area contributed by atoms with E-state index >= 15 is 0 Å². The molecule has 36 heavy (non-hydrogen) atoms. The molecule has 12 heteroatoms. The summed E-state index contributed by atoms with van der Waals surface area (Å²) < 4.78 is 6.88. The van der Waals surface area contributed by atoms with E-state index in [9.17, 15) is 14.9 Å². The van der Waals surface area contributed by atoms with Crippen LogP contribution in [0, 0.1) is 10.1 Å². The Morgan fingerprint density at radius 2 is 1.94 bits per heavy atom. The molecule has 0 unspecified atom stereocenters. The number of nitrogens with zero attached hydrogens (tertiary/aromatic N) is 5. The molecule has 0 aliphatic carbocycles. The van der Waals surface area contributed by atoms with Gasteiger partial charge in [-0.25, -0.2) is 10.4 Å². The fourth-order valence-corrected chi connectivity index (χ4v) is 3.83. The Bertz CT molecular complexity index is 1190. The van der Waals surface area contributed by atoms with Gasteiger partial charge < -0.3 is 14.2 Å². The van der Waals surface area contributed by atoms with Crippen molar-refractivity contribution in [3.8, 4) is 17.0 Å². The molecule has 3 rings (SSSR count). The fraction of sp³-hybridized carbons (Fsp3) is 0.292. The maximum absolute atomic E-state index is 12.3. The van der Waals surface area contributed by atoms with E-state index in [0.29, 0.717) is 42.7 Å². The summed E-state index contributed by atoms with van der Waals surface area (Å²) in [5.41, 5.74) is 5.20. The van der Waals surface area contributed by atoms with Crippen LogP contribution in [0.1, 0.15) is 12.5 Å². The van der Waals surface area contributed by atoms with Crippen molar-refractivity contribution in [2.45, 2.75) is 13.5 Å². The molecule has 1 N–H and O–H groups in total. The molecule has 1 aromatic heterocycles. The van der Waals surface area contributed by atoms with Crippen molar-refractivity contribution in [2.75, 3.05) is 36.4 Å². The third-order valence-electron chi connectivity index (χ3n) is 5.08. The summed E-state index contributed by atoms with van der Waals surface area (Å²) in [6.45, 7) is 3.45. The van der Waals surface area contributed by atoms with Crippen molar-refractivity contribution in [2.24, 2.45) is 5.10 Å². The lowest BCUT2D eigenvalue weighted by molar-refractivity contribution is -0.385. The van der Waals surface area contributed by atoms with Gasteiger partial charge in [0.15, 0.2) is 5.75 Å². The number of amides is 1. The molecule has 0 aliphatic rings. The molecular formula is C24H26Cl2N6O4. The van der Waals surface area contributed by atoms with Crippen molar-refractivity contribution < 1.29 is 14.5 Å². The van der Waals surface area contributed by atoms with Gasteiger partial charge in [0, 0.05) is 48.4 Å². The molecule has 3 aromatic rings. The van der Waals surface area contributed by atoms with Crippen LogP contribution in [0.5, 0.6) is 5.75 Å². The number of carbonyl (C=O) groups excluding carboxylic acids is 1. The van der Waals surface area contributed by atoms with Crippen LogP contribution >= 0.6 is 23.2 Å². The molecule has 0 spiro atoms. The van der Waals surface area contributed by atoms with Crippen LogP contribution < -0.4 is 15.1 Å². The van der Waals surface area contributed by atoms with Crippen molar-refractivity contribution in [1.29, 1.82) is 0 Å². The van der Waals surface area contributed by atoms with Crippen LogP contribution in [0.2, 0.25) is 0 Å². The zero-order chi connectivity index (χ0) is 25.9. The van der Waals surface area contributed by atoms with Crippen molar-refractivity contribution in [3.63, 3.8) is 0 Å².